The SMILES string of the molecule is CCCCc1nnc(NC(=O)c2cccc(Cl)c2Cl)s1. The summed E-state index contributed by atoms with van der Waals surface area (Å²) in [6.07, 6.45) is 3.03. The molecule has 1 aromatic heterocycles. The van der Waals surface area contributed by atoms with Gasteiger partial charge in [-0.25, -0.2) is 0 Å². The molecule has 1 aromatic carbocycles. The Labute approximate surface area is 131 Å². The first kappa shape index (κ1) is 15.2. The van der Waals surface area contributed by atoms with Crippen LogP contribution >= 0.6 is 34.5 Å². The molecule has 0 atom stereocenters. The number of benzene rings is 1. The Hall–Kier alpha value is -1.17. The maximum atomic E-state index is 12.1. The number of carbonyl (C=O) groups excluding carboxylic acids is 1. The molecule has 0 aliphatic heterocycles. The summed E-state index contributed by atoms with van der Waals surface area (Å²) in [5.41, 5.74) is 0.324. The summed E-state index contributed by atoms with van der Waals surface area (Å²) in [6.45, 7) is 2.12. The van der Waals surface area contributed by atoms with Gasteiger partial charge in [0.05, 0.1) is 15.6 Å². The van der Waals surface area contributed by atoms with Crippen LogP contribution in [0.25, 0.3) is 0 Å². The van der Waals surface area contributed by atoms with E-state index in [2.05, 4.69) is 22.4 Å². The van der Waals surface area contributed by atoms with Crippen molar-refractivity contribution in [3.8, 4) is 0 Å². The third-order valence-corrected chi connectivity index (χ3v) is 4.35. The monoisotopic (exact) mass is 329 g/mol. The second-order valence-electron chi connectivity index (χ2n) is 4.16. The minimum absolute atomic E-state index is 0.238. The average molecular weight is 330 g/mol. The van der Waals surface area contributed by atoms with Crippen LogP contribution in [-0.4, -0.2) is 16.1 Å². The number of halogens is 2. The van der Waals surface area contributed by atoms with Crippen LogP contribution in [0.3, 0.4) is 0 Å². The molecule has 0 aliphatic rings. The summed E-state index contributed by atoms with van der Waals surface area (Å²) in [7, 11) is 0. The molecule has 0 bridgehead atoms. The molecule has 1 N–H and O–H groups in total. The minimum atomic E-state index is -0.337. The number of nitrogens with one attached hydrogen (secondary N) is 1. The van der Waals surface area contributed by atoms with E-state index < -0.39 is 0 Å². The number of hydrogen-bond donors (Lipinski definition) is 1. The quantitative estimate of drug-likeness (QED) is 0.882. The fraction of sp³-hybridized carbons (Fsp3) is 0.308. The smallest absolute Gasteiger partial charge is 0.259 e. The molecular weight excluding hydrogens is 317 g/mol. The molecule has 20 heavy (non-hydrogen) atoms. The highest BCUT2D eigenvalue weighted by atomic mass is 35.5. The molecule has 0 unspecified atom stereocenters. The number of aromatic nitrogens is 2. The lowest BCUT2D eigenvalue weighted by molar-refractivity contribution is 0.102. The van der Waals surface area contributed by atoms with Crippen molar-refractivity contribution in [2.45, 2.75) is 26.2 Å². The van der Waals surface area contributed by atoms with Gasteiger partial charge in [0.15, 0.2) is 0 Å². The lowest BCUT2D eigenvalue weighted by Crippen LogP contribution is -2.12. The van der Waals surface area contributed by atoms with E-state index in [1.807, 2.05) is 0 Å². The third kappa shape index (κ3) is 3.69. The molecule has 0 aliphatic carbocycles. The van der Waals surface area contributed by atoms with Gasteiger partial charge >= 0.3 is 0 Å². The van der Waals surface area contributed by atoms with Crippen molar-refractivity contribution in [1.29, 1.82) is 0 Å². The van der Waals surface area contributed by atoms with E-state index in [1.165, 1.54) is 11.3 Å². The molecule has 0 spiro atoms. The highest BCUT2D eigenvalue weighted by Gasteiger charge is 2.14. The molecule has 1 amide bonds. The Morgan fingerprint density at radius 2 is 2.15 bits per heavy atom. The fourth-order valence-electron chi connectivity index (χ4n) is 1.58. The summed E-state index contributed by atoms with van der Waals surface area (Å²) >= 11 is 13.3. The third-order valence-electron chi connectivity index (χ3n) is 2.63. The van der Waals surface area contributed by atoms with Gasteiger partial charge in [-0.1, -0.05) is 53.9 Å². The Morgan fingerprint density at radius 1 is 1.35 bits per heavy atom. The number of carbonyl (C=O) groups is 1. The van der Waals surface area contributed by atoms with Crippen molar-refractivity contribution >= 4 is 45.6 Å². The van der Waals surface area contributed by atoms with E-state index in [9.17, 15) is 4.79 Å². The van der Waals surface area contributed by atoms with Crippen molar-refractivity contribution in [3.05, 3.63) is 38.8 Å². The molecular formula is C13H13Cl2N3OS. The van der Waals surface area contributed by atoms with Crippen molar-refractivity contribution in [3.63, 3.8) is 0 Å². The molecule has 7 heteroatoms. The molecule has 2 rings (SSSR count). The number of anilines is 1. The zero-order valence-corrected chi connectivity index (χ0v) is 13.1. The summed E-state index contributed by atoms with van der Waals surface area (Å²) in [5.74, 6) is -0.337. The lowest BCUT2D eigenvalue weighted by atomic mass is 10.2. The summed E-state index contributed by atoms with van der Waals surface area (Å²) in [4.78, 5) is 12.1. The summed E-state index contributed by atoms with van der Waals surface area (Å²) < 4.78 is 0. The van der Waals surface area contributed by atoms with Gasteiger partial charge in [0, 0.05) is 6.42 Å². The molecule has 0 saturated carbocycles. The van der Waals surface area contributed by atoms with Crippen molar-refractivity contribution in [2.24, 2.45) is 0 Å². The molecule has 1 heterocycles. The second-order valence-corrected chi connectivity index (χ2v) is 6.01. The van der Waals surface area contributed by atoms with Gasteiger partial charge in [-0.05, 0) is 18.6 Å². The van der Waals surface area contributed by atoms with E-state index >= 15 is 0 Å². The van der Waals surface area contributed by atoms with Gasteiger partial charge in [0.25, 0.3) is 5.91 Å². The molecule has 106 valence electrons. The molecule has 0 saturated heterocycles. The second kappa shape index (κ2) is 7.02. The standard InChI is InChI=1S/C13H13Cl2N3OS/c1-2-3-7-10-17-18-13(20-10)16-12(19)8-5-4-6-9(14)11(8)15/h4-6H,2-3,7H2,1H3,(H,16,18,19). The van der Waals surface area contributed by atoms with Crippen LogP contribution < -0.4 is 5.32 Å². The predicted octanol–water partition coefficient (Wildman–Crippen LogP) is 4.44. The van der Waals surface area contributed by atoms with Crippen LogP contribution in [0.5, 0.6) is 0 Å². The number of amides is 1. The Morgan fingerprint density at radius 3 is 2.90 bits per heavy atom. The van der Waals surface area contributed by atoms with Gasteiger partial charge in [-0.2, -0.15) is 0 Å². The average Bonchev–Trinajstić information content (AvgIpc) is 2.87. The number of hydrogen-bond acceptors (Lipinski definition) is 4. The highest BCUT2D eigenvalue weighted by Crippen LogP contribution is 2.26. The molecule has 2 aromatic rings. The zero-order valence-electron chi connectivity index (χ0n) is 10.8. The largest absolute Gasteiger partial charge is 0.296 e. The van der Waals surface area contributed by atoms with Crippen LogP contribution in [0.4, 0.5) is 5.13 Å². The number of rotatable bonds is 5. The van der Waals surface area contributed by atoms with Gasteiger partial charge in [-0.15, -0.1) is 10.2 Å². The Kier molecular flexibility index (Phi) is 5.34. The number of unbranched alkanes of at least 4 members (excludes halogenated alkanes) is 1. The molecule has 0 fully saturated rings. The normalized spacial score (nSPS) is 10.6. The minimum Gasteiger partial charge on any atom is -0.296 e. The van der Waals surface area contributed by atoms with Gasteiger partial charge in [0.2, 0.25) is 5.13 Å². The van der Waals surface area contributed by atoms with Gasteiger partial charge in [0.1, 0.15) is 5.01 Å². The van der Waals surface area contributed by atoms with E-state index in [1.54, 1.807) is 18.2 Å². The maximum absolute atomic E-state index is 12.1. The van der Waals surface area contributed by atoms with Crippen LogP contribution in [0, 0.1) is 0 Å². The van der Waals surface area contributed by atoms with E-state index in [-0.39, 0.29) is 10.9 Å². The van der Waals surface area contributed by atoms with Crippen LogP contribution in [0.1, 0.15) is 35.1 Å². The zero-order chi connectivity index (χ0) is 14.5. The topological polar surface area (TPSA) is 54.9 Å². The first-order chi connectivity index (χ1) is 9.61. The van der Waals surface area contributed by atoms with Crippen molar-refractivity contribution in [1.82, 2.24) is 10.2 Å². The maximum Gasteiger partial charge on any atom is 0.259 e. The van der Waals surface area contributed by atoms with Crippen molar-refractivity contribution < 1.29 is 4.79 Å². The summed E-state index contributed by atoms with van der Waals surface area (Å²) in [5, 5.41) is 12.6. The summed E-state index contributed by atoms with van der Waals surface area (Å²) in [6, 6.07) is 4.92. The Balaban J connectivity index is 2.07. The van der Waals surface area contributed by atoms with Crippen LogP contribution in [0.2, 0.25) is 10.0 Å². The molecule has 4 nitrogen and oxygen atoms in total. The fourth-order valence-corrected chi connectivity index (χ4v) is 2.74. The van der Waals surface area contributed by atoms with Crippen molar-refractivity contribution in [2.75, 3.05) is 5.32 Å². The molecule has 0 radical (unpaired) electrons. The van der Waals surface area contributed by atoms with E-state index in [0.717, 1.165) is 24.3 Å². The van der Waals surface area contributed by atoms with E-state index in [0.29, 0.717) is 15.7 Å². The first-order valence-electron chi connectivity index (χ1n) is 6.19. The van der Waals surface area contributed by atoms with E-state index in [4.69, 9.17) is 23.2 Å². The number of aryl methyl sites for hydroxylation is 1. The first-order valence-corrected chi connectivity index (χ1v) is 7.76. The van der Waals surface area contributed by atoms with Gasteiger partial charge < -0.3 is 0 Å². The highest BCUT2D eigenvalue weighted by molar-refractivity contribution is 7.15. The van der Waals surface area contributed by atoms with Crippen LogP contribution in [0.15, 0.2) is 18.2 Å². The van der Waals surface area contributed by atoms with Crippen LogP contribution in [-0.2, 0) is 6.42 Å². The number of nitrogens with zero attached hydrogens (tertiary/aromatic N) is 2. The lowest BCUT2D eigenvalue weighted by Gasteiger charge is -2.04. The van der Waals surface area contributed by atoms with Gasteiger partial charge in [-0.3, -0.25) is 10.1 Å². The predicted molar refractivity (Wildman–Crippen MR) is 82.9 cm³/mol. The Bertz CT molecular complexity index is 615.